The number of aromatic hydroxyl groups is 1. The van der Waals surface area contributed by atoms with E-state index in [0.29, 0.717) is 28.1 Å². The van der Waals surface area contributed by atoms with Crippen LogP contribution in [-0.4, -0.2) is 29.7 Å². The highest BCUT2D eigenvalue weighted by atomic mass is 35.5. The Balaban J connectivity index is 2.00. The Bertz CT molecular complexity index is 1200. The van der Waals surface area contributed by atoms with Crippen LogP contribution in [0.5, 0.6) is 5.75 Å². The standard InChI is InChI=1S/C25H31ClN4O3Si/c1-15-19(13-14-20(27-6)21(15)26)28-22(16(2)33-34(7,8)25(3,4)5)24-30-29-23(32-24)17-9-11-18(31)12-10-17/h9-14,16,22,28,31H,1-5,7-8H3/t16-,22+/m0/s1. The van der Waals surface area contributed by atoms with Crippen molar-refractivity contribution >= 4 is 31.3 Å². The van der Waals surface area contributed by atoms with Crippen LogP contribution < -0.4 is 5.32 Å². The topological polar surface area (TPSA) is 84.8 Å². The van der Waals surface area contributed by atoms with E-state index >= 15 is 0 Å². The zero-order valence-electron chi connectivity index (χ0n) is 20.6. The summed E-state index contributed by atoms with van der Waals surface area (Å²) in [5.41, 5.74) is 2.63. The second kappa shape index (κ2) is 9.78. The Morgan fingerprint density at radius 3 is 2.38 bits per heavy atom. The third kappa shape index (κ3) is 5.44. The molecular formula is C25H31ClN4O3Si. The molecule has 7 nitrogen and oxygen atoms in total. The van der Waals surface area contributed by atoms with Crippen LogP contribution >= 0.6 is 11.6 Å². The van der Waals surface area contributed by atoms with Crippen molar-refractivity contribution in [3.63, 3.8) is 0 Å². The van der Waals surface area contributed by atoms with Crippen LogP contribution in [0.3, 0.4) is 0 Å². The molecule has 0 aliphatic rings. The van der Waals surface area contributed by atoms with E-state index in [-0.39, 0.29) is 16.9 Å². The van der Waals surface area contributed by atoms with Gasteiger partial charge in [0.25, 0.3) is 0 Å². The molecule has 2 atom stereocenters. The van der Waals surface area contributed by atoms with E-state index in [9.17, 15) is 5.11 Å². The van der Waals surface area contributed by atoms with Gasteiger partial charge in [-0.05, 0) is 67.9 Å². The van der Waals surface area contributed by atoms with Crippen molar-refractivity contribution in [3.8, 4) is 17.2 Å². The van der Waals surface area contributed by atoms with Gasteiger partial charge < -0.3 is 19.3 Å². The second-order valence-electron chi connectivity index (χ2n) is 9.88. The normalized spacial score (nSPS) is 13.9. The molecule has 0 amide bonds. The average molecular weight is 499 g/mol. The summed E-state index contributed by atoms with van der Waals surface area (Å²) < 4.78 is 12.7. The summed E-state index contributed by atoms with van der Waals surface area (Å²) in [4.78, 5) is 3.48. The minimum Gasteiger partial charge on any atom is -0.508 e. The molecule has 3 rings (SSSR count). The van der Waals surface area contributed by atoms with Crippen LogP contribution in [0.15, 0.2) is 40.8 Å². The Morgan fingerprint density at radius 1 is 1.15 bits per heavy atom. The highest BCUT2D eigenvalue weighted by Crippen LogP contribution is 2.40. The maximum atomic E-state index is 9.57. The molecule has 0 spiro atoms. The van der Waals surface area contributed by atoms with Crippen LogP contribution in [0, 0.1) is 13.5 Å². The number of aromatic nitrogens is 2. The van der Waals surface area contributed by atoms with Gasteiger partial charge in [-0.3, -0.25) is 0 Å². The third-order valence-electron chi connectivity index (χ3n) is 6.37. The third-order valence-corrected chi connectivity index (χ3v) is 11.4. The quantitative estimate of drug-likeness (QED) is 0.259. The number of phenols is 1. The van der Waals surface area contributed by atoms with Crippen molar-refractivity contribution in [2.24, 2.45) is 0 Å². The lowest BCUT2D eigenvalue weighted by Gasteiger charge is -2.40. The first kappa shape index (κ1) is 25.8. The molecule has 1 heterocycles. The number of hydrogen-bond donors (Lipinski definition) is 2. The predicted molar refractivity (Wildman–Crippen MR) is 138 cm³/mol. The number of anilines is 1. The Morgan fingerprint density at radius 2 is 1.79 bits per heavy atom. The summed E-state index contributed by atoms with van der Waals surface area (Å²) in [7, 11) is -2.11. The van der Waals surface area contributed by atoms with E-state index < -0.39 is 14.4 Å². The van der Waals surface area contributed by atoms with Gasteiger partial charge in [-0.25, -0.2) is 4.85 Å². The Kier molecular flexibility index (Phi) is 7.41. The summed E-state index contributed by atoms with van der Waals surface area (Å²) in [6.45, 7) is 22.1. The molecule has 3 aromatic rings. The van der Waals surface area contributed by atoms with E-state index in [1.807, 2.05) is 19.9 Å². The average Bonchev–Trinajstić information content (AvgIpc) is 3.24. The van der Waals surface area contributed by atoms with Crippen LogP contribution in [0.1, 0.15) is 45.2 Å². The molecule has 0 saturated carbocycles. The van der Waals surface area contributed by atoms with Gasteiger partial charge >= 0.3 is 0 Å². The van der Waals surface area contributed by atoms with Gasteiger partial charge in [-0.1, -0.05) is 38.4 Å². The van der Waals surface area contributed by atoms with Gasteiger partial charge in [0, 0.05) is 11.3 Å². The van der Waals surface area contributed by atoms with Crippen molar-refractivity contribution in [2.75, 3.05) is 5.32 Å². The molecule has 0 fully saturated rings. The molecule has 0 aliphatic heterocycles. The Hall–Kier alpha value is -2.86. The van der Waals surface area contributed by atoms with Crippen molar-refractivity contribution in [1.29, 1.82) is 0 Å². The van der Waals surface area contributed by atoms with E-state index in [0.717, 1.165) is 11.3 Å². The number of nitrogens with zero attached hydrogens (tertiary/aromatic N) is 3. The fourth-order valence-corrected chi connectivity index (χ4v) is 4.88. The molecule has 2 N–H and O–H groups in total. The summed E-state index contributed by atoms with van der Waals surface area (Å²) in [6.07, 6.45) is -0.298. The lowest BCUT2D eigenvalue weighted by molar-refractivity contribution is 0.166. The lowest BCUT2D eigenvalue weighted by Crippen LogP contribution is -2.45. The molecule has 0 bridgehead atoms. The van der Waals surface area contributed by atoms with E-state index in [2.05, 4.69) is 54.2 Å². The first-order valence-electron chi connectivity index (χ1n) is 11.1. The summed E-state index contributed by atoms with van der Waals surface area (Å²) in [5, 5.41) is 22.0. The molecule has 2 aromatic carbocycles. The summed E-state index contributed by atoms with van der Waals surface area (Å²) in [6, 6.07) is 9.65. The highest BCUT2D eigenvalue weighted by Gasteiger charge is 2.41. The number of hydrogen-bond acceptors (Lipinski definition) is 6. The number of nitrogens with one attached hydrogen (secondary N) is 1. The number of halogens is 1. The summed E-state index contributed by atoms with van der Waals surface area (Å²) >= 11 is 6.42. The maximum Gasteiger partial charge on any atom is 0.247 e. The van der Waals surface area contributed by atoms with Crippen LogP contribution in [0.25, 0.3) is 16.3 Å². The fourth-order valence-electron chi connectivity index (χ4n) is 3.25. The number of benzene rings is 2. The van der Waals surface area contributed by atoms with Crippen LogP contribution in [0.4, 0.5) is 11.4 Å². The summed E-state index contributed by atoms with van der Waals surface area (Å²) in [5.74, 6) is 0.883. The largest absolute Gasteiger partial charge is 0.508 e. The smallest absolute Gasteiger partial charge is 0.247 e. The highest BCUT2D eigenvalue weighted by molar-refractivity contribution is 6.74. The van der Waals surface area contributed by atoms with Gasteiger partial charge in [0.1, 0.15) is 11.8 Å². The molecule has 0 radical (unpaired) electrons. The SMILES string of the molecule is [C-]#[N+]c1ccc(N[C@@H](c2nnc(-c3ccc(O)cc3)o2)[C@H](C)O[Si](C)(C)C(C)(C)C)c(C)c1Cl. The van der Waals surface area contributed by atoms with E-state index in [1.165, 1.54) is 0 Å². The second-order valence-corrected chi connectivity index (χ2v) is 15.0. The van der Waals surface area contributed by atoms with Crippen molar-refractivity contribution in [2.45, 2.75) is 64.9 Å². The van der Waals surface area contributed by atoms with E-state index in [4.69, 9.17) is 27.0 Å². The maximum absolute atomic E-state index is 9.57. The van der Waals surface area contributed by atoms with Crippen LogP contribution in [-0.2, 0) is 4.43 Å². The van der Waals surface area contributed by atoms with E-state index in [1.54, 1.807) is 30.3 Å². The van der Waals surface area contributed by atoms with Gasteiger partial charge in [0.2, 0.25) is 17.5 Å². The molecular weight excluding hydrogens is 468 g/mol. The molecule has 180 valence electrons. The molecule has 0 unspecified atom stereocenters. The molecule has 34 heavy (non-hydrogen) atoms. The Labute approximate surface area is 207 Å². The molecule has 0 aliphatic carbocycles. The minimum absolute atomic E-state index is 0.0222. The van der Waals surface area contributed by atoms with Crippen molar-refractivity contribution < 1.29 is 13.9 Å². The first-order chi connectivity index (χ1) is 15.8. The molecule has 0 saturated heterocycles. The van der Waals surface area contributed by atoms with Gasteiger partial charge in [-0.2, -0.15) is 0 Å². The zero-order chi connectivity index (χ0) is 25.3. The van der Waals surface area contributed by atoms with Gasteiger partial charge in [0.15, 0.2) is 8.32 Å². The zero-order valence-corrected chi connectivity index (χ0v) is 22.4. The fraction of sp³-hybridized carbons (Fsp3) is 0.400. The van der Waals surface area contributed by atoms with Crippen molar-refractivity contribution in [1.82, 2.24) is 10.2 Å². The first-order valence-corrected chi connectivity index (χ1v) is 14.4. The predicted octanol–water partition coefficient (Wildman–Crippen LogP) is 7.52. The molecule has 1 aromatic heterocycles. The number of phenolic OH excluding ortho intramolecular Hbond substituents is 1. The van der Waals surface area contributed by atoms with Gasteiger partial charge in [-0.15, -0.1) is 10.2 Å². The number of rotatable bonds is 7. The molecule has 9 heteroatoms. The van der Waals surface area contributed by atoms with Crippen LogP contribution in [0.2, 0.25) is 23.2 Å². The monoisotopic (exact) mass is 498 g/mol. The lowest BCUT2D eigenvalue weighted by atomic mass is 10.1. The van der Waals surface area contributed by atoms with Gasteiger partial charge in [0.05, 0.1) is 17.7 Å². The van der Waals surface area contributed by atoms with Crippen molar-refractivity contribution in [3.05, 3.63) is 64.3 Å². The minimum atomic E-state index is -2.11.